The van der Waals surface area contributed by atoms with Crippen LogP contribution in [0.5, 0.6) is 5.75 Å². The van der Waals surface area contributed by atoms with Gasteiger partial charge in [0, 0.05) is 11.1 Å². The molecule has 6 heteroatoms. The number of hydrogen-bond acceptors (Lipinski definition) is 5. The third-order valence-electron chi connectivity index (χ3n) is 4.23. The van der Waals surface area contributed by atoms with Gasteiger partial charge in [-0.25, -0.2) is 4.98 Å². The zero-order valence-corrected chi connectivity index (χ0v) is 16.8. The predicted octanol–water partition coefficient (Wildman–Crippen LogP) is 4.75. The molecule has 1 N–H and O–H groups in total. The van der Waals surface area contributed by atoms with Gasteiger partial charge in [0.25, 0.3) is 0 Å². The minimum atomic E-state index is 0.0660. The van der Waals surface area contributed by atoms with Crippen molar-refractivity contribution in [1.29, 1.82) is 0 Å². The first-order valence-electron chi connectivity index (χ1n) is 8.70. The smallest absolute Gasteiger partial charge is 0.209 e. The first-order valence-corrected chi connectivity index (χ1v) is 9.69. The summed E-state index contributed by atoms with van der Waals surface area (Å²) < 4.78 is 5.16. The van der Waals surface area contributed by atoms with Gasteiger partial charge >= 0.3 is 0 Å². The second-order valence-corrected chi connectivity index (χ2v) is 8.18. The van der Waals surface area contributed by atoms with Crippen LogP contribution in [0.4, 0.5) is 0 Å². The molecule has 140 valence electrons. The topological polar surface area (TPSA) is 67.9 Å². The van der Waals surface area contributed by atoms with E-state index < -0.39 is 0 Å². The Kier molecular flexibility index (Phi) is 5.65. The Bertz CT molecular complexity index is 910. The van der Waals surface area contributed by atoms with Crippen LogP contribution >= 0.6 is 11.8 Å². The molecule has 5 nitrogen and oxygen atoms in total. The second-order valence-electron chi connectivity index (χ2n) is 7.23. The lowest BCUT2D eigenvalue weighted by molar-refractivity contribution is 0.102. The van der Waals surface area contributed by atoms with E-state index in [4.69, 9.17) is 4.74 Å². The molecule has 0 fully saturated rings. The van der Waals surface area contributed by atoms with E-state index in [9.17, 15) is 4.79 Å². The first-order chi connectivity index (χ1) is 12.9. The van der Waals surface area contributed by atoms with Crippen LogP contribution < -0.4 is 4.74 Å². The zero-order valence-electron chi connectivity index (χ0n) is 15.9. The molecule has 0 aliphatic rings. The summed E-state index contributed by atoms with van der Waals surface area (Å²) >= 11 is 1.33. The molecule has 0 saturated heterocycles. The van der Waals surface area contributed by atoms with E-state index in [2.05, 4.69) is 36.0 Å². The van der Waals surface area contributed by atoms with Gasteiger partial charge in [0.1, 0.15) is 5.75 Å². The number of carbonyl (C=O) groups excluding carboxylic acids is 1. The van der Waals surface area contributed by atoms with Gasteiger partial charge in [-0.3, -0.25) is 9.89 Å². The standard InChI is InChI=1S/C21H23N3O2S/c1-21(2,3)16-9-5-14(6-10-16)18(25)13-27-20-22-19(23-24-20)15-7-11-17(26-4)12-8-15/h5-12H,13H2,1-4H3,(H,22,23,24). The number of aromatic amines is 1. The van der Waals surface area contributed by atoms with Crippen molar-refractivity contribution in [3.05, 3.63) is 59.7 Å². The molecule has 0 bridgehead atoms. The number of aromatic nitrogens is 3. The number of nitrogens with one attached hydrogen (secondary N) is 1. The second kappa shape index (κ2) is 7.96. The number of benzene rings is 2. The SMILES string of the molecule is COc1ccc(-c2nc(SCC(=O)c3ccc(C(C)(C)C)cc3)n[nH]2)cc1. The Morgan fingerprint density at radius 2 is 1.74 bits per heavy atom. The minimum absolute atomic E-state index is 0.0660. The predicted molar refractivity (Wildman–Crippen MR) is 109 cm³/mol. The summed E-state index contributed by atoms with van der Waals surface area (Å²) in [6.07, 6.45) is 0. The van der Waals surface area contributed by atoms with Crippen molar-refractivity contribution < 1.29 is 9.53 Å². The summed E-state index contributed by atoms with van der Waals surface area (Å²) in [7, 11) is 1.63. The minimum Gasteiger partial charge on any atom is -0.497 e. The summed E-state index contributed by atoms with van der Waals surface area (Å²) in [5, 5.41) is 7.66. The zero-order chi connectivity index (χ0) is 19.4. The van der Waals surface area contributed by atoms with Crippen LogP contribution in [0.1, 0.15) is 36.7 Å². The molecule has 1 heterocycles. The van der Waals surface area contributed by atoms with Crippen molar-refractivity contribution in [2.24, 2.45) is 0 Å². The third-order valence-corrected chi connectivity index (χ3v) is 5.08. The Balaban J connectivity index is 1.61. The maximum Gasteiger partial charge on any atom is 0.209 e. The Hall–Kier alpha value is -2.60. The van der Waals surface area contributed by atoms with Crippen molar-refractivity contribution in [3.63, 3.8) is 0 Å². The fourth-order valence-corrected chi connectivity index (χ4v) is 3.25. The number of nitrogens with zero attached hydrogens (tertiary/aromatic N) is 2. The Morgan fingerprint density at radius 1 is 1.07 bits per heavy atom. The van der Waals surface area contributed by atoms with E-state index in [1.54, 1.807) is 7.11 Å². The summed E-state index contributed by atoms with van der Waals surface area (Å²) in [6, 6.07) is 15.4. The molecule has 1 aromatic heterocycles. The highest BCUT2D eigenvalue weighted by Gasteiger charge is 2.15. The van der Waals surface area contributed by atoms with Gasteiger partial charge in [-0.15, -0.1) is 5.10 Å². The number of rotatable bonds is 6. The maximum atomic E-state index is 12.4. The van der Waals surface area contributed by atoms with Crippen molar-refractivity contribution >= 4 is 17.5 Å². The molecule has 3 aromatic rings. The molecule has 0 amide bonds. The molecule has 0 radical (unpaired) electrons. The van der Waals surface area contributed by atoms with Gasteiger partial charge in [-0.2, -0.15) is 0 Å². The fourth-order valence-electron chi connectivity index (χ4n) is 2.56. The van der Waals surface area contributed by atoms with Crippen molar-refractivity contribution in [3.8, 4) is 17.1 Å². The summed E-state index contributed by atoms with van der Waals surface area (Å²) in [5.74, 6) is 1.82. The van der Waals surface area contributed by atoms with E-state index in [1.165, 1.54) is 17.3 Å². The van der Waals surface area contributed by atoms with Crippen LogP contribution in [-0.2, 0) is 5.41 Å². The van der Waals surface area contributed by atoms with Gasteiger partial charge < -0.3 is 4.74 Å². The molecule has 0 saturated carbocycles. The molecular weight excluding hydrogens is 358 g/mol. The number of Topliss-reactive ketones (excluding diaryl/α,β-unsaturated/α-hetero) is 1. The Morgan fingerprint density at radius 3 is 2.33 bits per heavy atom. The highest BCUT2D eigenvalue weighted by Crippen LogP contribution is 2.24. The van der Waals surface area contributed by atoms with Crippen LogP contribution in [0.25, 0.3) is 11.4 Å². The number of ether oxygens (including phenoxy) is 1. The molecule has 2 aromatic carbocycles. The lowest BCUT2D eigenvalue weighted by atomic mass is 9.86. The van der Waals surface area contributed by atoms with Gasteiger partial charge in [0.05, 0.1) is 12.9 Å². The van der Waals surface area contributed by atoms with E-state index in [-0.39, 0.29) is 11.2 Å². The average Bonchev–Trinajstić information content (AvgIpc) is 3.14. The van der Waals surface area contributed by atoms with Gasteiger partial charge in [0.2, 0.25) is 5.16 Å². The lowest BCUT2D eigenvalue weighted by Crippen LogP contribution is -2.11. The molecular formula is C21H23N3O2S. The largest absolute Gasteiger partial charge is 0.497 e. The number of thioether (sulfide) groups is 1. The summed E-state index contributed by atoms with van der Waals surface area (Å²) in [6.45, 7) is 6.47. The number of H-pyrrole nitrogens is 1. The summed E-state index contributed by atoms with van der Waals surface area (Å²) in [4.78, 5) is 16.9. The lowest BCUT2D eigenvalue weighted by Gasteiger charge is -2.18. The molecule has 0 aliphatic carbocycles. The van der Waals surface area contributed by atoms with Crippen LogP contribution in [0.15, 0.2) is 53.7 Å². The Labute approximate surface area is 163 Å². The van der Waals surface area contributed by atoms with Gasteiger partial charge in [-0.05, 0) is 35.2 Å². The van der Waals surface area contributed by atoms with Crippen LogP contribution in [0.2, 0.25) is 0 Å². The van der Waals surface area contributed by atoms with Crippen LogP contribution in [0, 0.1) is 0 Å². The average molecular weight is 382 g/mol. The highest BCUT2D eigenvalue weighted by atomic mass is 32.2. The molecule has 0 spiro atoms. The number of carbonyl (C=O) groups is 1. The highest BCUT2D eigenvalue weighted by molar-refractivity contribution is 7.99. The van der Waals surface area contributed by atoms with Crippen LogP contribution in [0.3, 0.4) is 0 Å². The molecule has 0 atom stereocenters. The maximum absolute atomic E-state index is 12.4. The van der Waals surface area contributed by atoms with Crippen molar-refractivity contribution in [2.45, 2.75) is 31.3 Å². The van der Waals surface area contributed by atoms with Crippen molar-refractivity contribution in [1.82, 2.24) is 15.2 Å². The quantitative estimate of drug-likeness (QED) is 0.493. The number of hydrogen-bond donors (Lipinski definition) is 1. The van der Waals surface area contributed by atoms with Gasteiger partial charge in [-0.1, -0.05) is 56.8 Å². The number of ketones is 1. The van der Waals surface area contributed by atoms with E-state index >= 15 is 0 Å². The molecule has 0 unspecified atom stereocenters. The third kappa shape index (κ3) is 4.77. The number of methoxy groups -OCH3 is 1. The monoisotopic (exact) mass is 381 g/mol. The van der Waals surface area contributed by atoms with E-state index in [0.717, 1.165) is 11.3 Å². The van der Waals surface area contributed by atoms with E-state index in [1.807, 2.05) is 48.5 Å². The molecule has 3 rings (SSSR count). The normalized spacial score (nSPS) is 11.4. The first kappa shape index (κ1) is 19.2. The molecule has 0 aliphatic heterocycles. The summed E-state index contributed by atoms with van der Waals surface area (Å²) in [5.41, 5.74) is 2.91. The fraction of sp³-hybridized carbons (Fsp3) is 0.286. The molecule has 27 heavy (non-hydrogen) atoms. The van der Waals surface area contributed by atoms with Crippen LogP contribution in [-0.4, -0.2) is 33.8 Å². The van der Waals surface area contributed by atoms with Gasteiger partial charge in [0.15, 0.2) is 11.6 Å². The van der Waals surface area contributed by atoms with Crippen molar-refractivity contribution in [2.75, 3.05) is 12.9 Å². The van der Waals surface area contributed by atoms with E-state index in [0.29, 0.717) is 22.3 Å².